The molecule has 1 aliphatic heterocycles. The summed E-state index contributed by atoms with van der Waals surface area (Å²) in [6, 6.07) is 2.74. The third-order valence-electron chi connectivity index (χ3n) is 3.89. The summed E-state index contributed by atoms with van der Waals surface area (Å²) < 4.78 is 0. The maximum atomic E-state index is 8.62. The van der Waals surface area contributed by atoms with E-state index < -0.39 is 0 Å². The Morgan fingerprint density at radius 2 is 2.23 bits per heavy atom. The number of nitrogens with zero attached hydrogens (tertiary/aromatic N) is 2. The van der Waals surface area contributed by atoms with E-state index in [9.17, 15) is 0 Å². The largest absolute Gasteiger partial charge is 0.299 e. The van der Waals surface area contributed by atoms with Crippen LogP contribution in [0.25, 0.3) is 0 Å². The van der Waals surface area contributed by atoms with E-state index in [0.29, 0.717) is 17.9 Å². The van der Waals surface area contributed by atoms with Gasteiger partial charge in [0, 0.05) is 12.6 Å². The van der Waals surface area contributed by atoms with Gasteiger partial charge in [-0.25, -0.2) is 0 Å². The Morgan fingerprint density at radius 1 is 1.46 bits per heavy atom. The zero-order chi connectivity index (χ0) is 9.31. The third-order valence-corrected chi connectivity index (χ3v) is 3.89. The van der Waals surface area contributed by atoms with Crippen molar-refractivity contribution in [1.29, 1.82) is 5.26 Å². The highest BCUT2D eigenvalue weighted by Crippen LogP contribution is 2.48. The standard InChI is InChI=1S/C11H18N2/c1-10(3-7-12)13-8-6-11(9-13)4-2-5-11/h10H,2-6,8-9H2,1H3. The molecule has 13 heavy (non-hydrogen) atoms. The first-order chi connectivity index (χ1) is 6.26. The van der Waals surface area contributed by atoms with Crippen molar-refractivity contribution in [2.75, 3.05) is 13.1 Å². The van der Waals surface area contributed by atoms with Gasteiger partial charge in [0.1, 0.15) is 0 Å². The van der Waals surface area contributed by atoms with E-state index in [2.05, 4.69) is 17.9 Å². The van der Waals surface area contributed by atoms with Crippen molar-refractivity contribution in [3.63, 3.8) is 0 Å². The predicted molar refractivity (Wildman–Crippen MR) is 52.2 cm³/mol. The van der Waals surface area contributed by atoms with Crippen molar-refractivity contribution < 1.29 is 0 Å². The minimum Gasteiger partial charge on any atom is -0.299 e. The van der Waals surface area contributed by atoms with Crippen LogP contribution >= 0.6 is 0 Å². The molecule has 1 aliphatic carbocycles. The molecule has 0 bridgehead atoms. The Hall–Kier alpha value is -0.550. The van der Waals surface area contributed by atoms with Gasteiger partial charge in [-0.15, -0.1) is 0 Å². The highest BCUT2D eigenvalue weighted by atomic mass is 15.2. The second-order valence-corrected chi connectivity index (χ2v) is 4.79. The van der Waals surface area contributed by atoms with Gasteiger partial charge in [-0.2, -0.15) is 5.26 Å². The Morgan fingerprint density at radius 3 is 2.69 bits per heavy atom. The molecule has 1 saturated carbocycles. The van der Waals surface area contributed by atoms with Gasteiger partial charge in [0.05, 0.1) is 12.5 Å². The minimum atomic E-state index is 0.477. The van der Waals surface area contributed by atoms with Crippen LogP contribution in [-0.4, -0.2) is 24.0 Å². The SMILES string of the molecule is CC(CC#N)N1CCC2(CCC2)C1. The van der Waals surface area contributed by atoms with Gasteiger partial charge in [0.2, 0.25) is 0 Å². The van der Waals surface area contributed by atoms with Gasteiger partial charge in [-0.1, -0.05) is 6.42 Å². The molecular weight excluding hydrogens is 160 g/mol. The first kappa shape index (κ1) is 9.02. The lowest BCUT2D eigenvalue weighted by Gasteiger charge is -2.38. The molecule has 0 N–H and O–H groups in total. The Kier molecular flexibility index (Phi) is 2.29. The highest BCUT2D eigenvalue weighted by Gasteiger charge is 2.43. The van der Waals surface area contributed by atoms with Crippen LogP contribution in [0.5, 0.6) is 0 Å². The lowest BCUT2D eigenvalue weighted by Crippen LogP contribution is -2.36. The van der Waals surface area contributed by atoms with Crippen LogP contribution in [0.4, 0.5) is 0 Å². The average molecular weight is 178 g/mol. The van der Waals surface area contributed by atoms with Gasteiger partial charge >= 0.3 is 0 Å². The number of hydrogen-bond acceptors (Lipinski definition) is 2. The molecule has 0 radical (unpaired) electrons. The van der Waals surface area contributed by atoms with Gasteiger partial charge in [0.15, 0.2) is 0 Å². The molecule has 0 aromatic heterocycles. The molecule has 0 amide bonds. The highest BCUT2D eigenvalue weighted by molar-refractivity contribution is 4.97. The zero-order valence-electron chi connectivity index (χ0n) is 8.42. The van der Waals surface area contributed by atoms with E-state index >= 15 is 0 Å². The summed E-state index contributed by atoms with van der Waals surface area (Å²) in [5.74, 6) is 0. The zero-order valence-corrected chi connectivity index (χ0v) is 8.42. The molecule has 1 spiro atoms. The molecule has 0 aromatic carbocycles. The molecule has 2 nitrogen and oxygen atoms in total. The Balaban J connectivity index is 1.87. The Labute approximate surface area is 80.5 Å². The van der Waals surface area contributed by atoms with Crippen molar-refractivity contribution in [2.24, 2.45) is 5.41 Å². The van der Waals surface area contributed by atoms with Crippen LogP contribution in [-0.2, 0) is 0 Å². The summed E-state index contributed by atoms with van der Waals surface area (Å²) in [5, 5.41) is 8.62. The number of rotatable bonds is 2. The van der Waals surface area contributed by atoms with E-state index in [4.69, 9.17) is 5.26 Å². The summed E-state index contributed by atoms with van der Waals surface area (Å²) in [7, 11) is 0. The van der Waals surface area contributed by atoms with Crippen LogP contribution in [0.15, 0.2) is 0 Å². The van der Waals surface area contributed by atoms with Crippen molar-refractivity contribution >= 4 is 0 Å². The van der Waals surface area contributed by atoms with E-state index in [1.54, 1.807) is 0 Å². The lowest BCUT2D eigenvalue weighted by molar-refractivity contribution is 0.127. The molecule has 2 heteroatoms. The summed E-state index contributed by atoms with van der Waals surface area (Å²) in [6.07, 6.45) is 6.37. The normalized spacial score (nSPS) is 28.3. The predicted octanol–water partition coefficient (Wildman–Crippen LogP) is 2.16. The third kappa shape index (κ3) is 1.58. The van der Waals surface area contributed by atoms with E-state index in [1.165, 1.54) is 38.8 Å². The van der Waals surface area contributed by atoms with Crippen molar-refractivity contribution in [3.05, 3.63) is 0 Å². The van der Waals surface area contributed by atoms with Gasteiger partial charge < -0.3 is 0 Å². The first-order valence-corrected chi connectivity index (χ1v) is 5.37. The van der Waals surface area contributed by atoms with Crippen molar-refractivity contribution in [3.8, 4) is 6.07 Å². The van der Waals surface area contributed by atoms with Crippen LogP contribution < -0.4 is 0 Å². The number of hydrogen-bond donors (Lipinski definition) is 0. The van der Waals surface area contributed by atoms with Crippen LogP contribution in [0.3, 0.4) is 0 Å². The van der Waals surface area contributed by atoms with Gasteiger partial charge in [-0.05, 0) is 38.1 Å². The Bertz CT molecular complexity index is 225. The summed E-state index contributed by atoms with van der Waals surface area (Å²) in [4.78, 5) is 2.50. The topological polar surface area (TPSA) is 27.0 Å². The smallest absolute Gasteiger partial charge is 0.0638 e. The number of likely N-dealkylation sites (tertiary alicyclic amines) is 1. The monoisotopic (exact) mass is 178 g/mol. The van der Waals surface area contributed by atoms with E-state index in [-0.39, 0.29) is 0 Å². The van der Waals surface area contributed by atoms with Gasteiger partial charge in [-0.3, -0.25) is 4.90 Å². The van der Waals surface area contributed by atoms with E-state index in [1.807, 2.05) is 0 Å². The van der Waals surface area contributed by atoms with Crippen molar-refractivity contribution in [2.45, 2.75) is 45.1 Å². The molecule has 72 valence electrons. The minimum absolute atomic E-state index is 0.477. The van der Waals surface area contributed by atoms with Crippen LogP contribution in [0.2, 0.25) is 0 Å². The second kappa shape index (κ2) is 3.31. The van der Waals surface area contributed by atoms with Gasteiger partial charge in [0.25, 0.3) is 0 Å². The summed E-state index contributed by atoms with van der Waals surface area (Å²) >= 11 is 0. The summed E-state index contributed by atoms with van der Waals surface area (Å²) in [5.41, 5.74) is 0.684. The molecule has 2 rings (SSSR count). The second-order valence-electron chi connectivity index (χ2n) is 4.79. The molecule has 0 aromatic rings. The van der Waals surface area contributed by atoms with Crippen LogP contribution in [0, 0.1) is 16.7 Å². The molecule has 1 unspecified atom stereocenters. The van der Waals surface area contributed by atoms with Crippen molar-refractivity contribution in [1.82, 2.24) is 4.90 Å². The maximum absolute atomic E-state index is 8.62. The molecular formula is C11H18N2. The van der Waals surface area contributed by atoms with Crippen LogP contribution in [0.1, 0.15) is 39.0 Å². The quantitative estimate of drug-likeness (QED) is 0.648. The molecule has 1 saturated heterocycles. The first-order valence-electron chi connectivity index (χ1n) is 5.37. The molecule has 1 atom stereocenters. The maximum Gasteiger partial charge on any atom is 0.0638 e. The molecule has 2 aliphatic rings. The molecule has 2 fully saturated rings. The average Bonchev–Trinajstić information content (AvgIpc) is 2.47. The molecule has 1 heterocycles. The fourth-order valence-corrected chi connectivity index (χ4v) is 2.69. The fourth-order valence-electron chi connectivity index (χ4n) is 2.69. The fraction of sp³-hybridized carbons (Fsp3) is 0.909. The lowest BCUT2D eigenvalue weighted by atomic mass is 9.68. The van der Waals surface area contributed by atoms with E-state index in [0.717, 1.165) is 0 Å². The summed E-state index contributed by atoms with van der Waals surface area (Å²) in [6.45, 7) is 4.67. The number of nitriles is 1.